The smallest absolute Gasteiger partial charge is 0.191 e. The van der Waals surface area contributed by atoms with Crippen LogP contribution in [0.4, 0.5) is 0 Å². The van der Waals surface area contributed by atoms with Crippen molar-refractivity contribution in [2.75, 3.05) is 46.5 Å². The van der Waals surface area contributed by atoms with Crippen LogP contribution in [0.3, 0.4) is 0 Å². The van der Waals surface area contributed by atoms with E-state index in [1.165, 1.54) is 11.1 Å². The van der Waals surface area contributed by atoms with Crippen LogP contribution in [0.25, 0.3) is 0 Å². The Kier molecular flexibility index (Phi) is 10.1. The maximum Gasteiger partial charge on any atom is 0.191 e. The summed E-state index contributed by atoms with van der Waals surface area (Å²) >= 11 is 0. The lowest BCUT2D eigenvalue weighted by atomic mass is 10.1. The average Bonchev–Trinajstić information content (AvgIpc) is 3.26. The number of benzene rings is 1. The van der Waals surface area contributed by atoms with Crippen LogP contribution in [-0.4, -0.2) is 75.7 Å². The topological polar surface area (TPSA) is 67.4 Å². The fraction of sp³-hybridized carbons (Fsp3) is 0.708. The zero-order chi connectivity index (χ0) is 21.9. The van der Waals surface area contributed by atoms with E-state index in [0.717, 1.165) is 71.2 Å². The molecule has 2 saturated heterocycles. The normalized spacial score (nSPS) is 25.0. The highest BCUT2D eigenvalue weighted by molar-refractivity contribution is 5.79. The summed E-state index contributed by atoms with van der Waals surface area (Å²) in [6, 6.07) is 8.65. The van der Waals surface area contributed by atoms with Gasteiger partial charge in [-0.3, -0.25) is 9.89 Å². The number of hydrogen-bond donors (Lipinski definition) is 2. The second kappa shape index (κ2) is 13.0. The largest absolute Gasteiger partial charge is 0.379 e. The van der Waals surface area contributed by atoms with Gasteiger partial charge in [0.05, 0.1) is 24.9 Å². The molecule has 0 amide bonds. The van der Waals surface area contributed by atoms with Crippen LogP contribution in [0.2, 0.25) is 0 Å². The summed E-state index contributed by atoms with van der Waals surface area (Å²) < 4.78 is 17.2. The molecule has 0 aromatic heterocycles. The van der Waals surface area contributed by atoms with Gasteiger partial charge in [-0.05, 0) is 44.2 Å². The molecule has 0 saturated carbocycles. The van der Waals surface area contributed by atoms with Crippen LogP contribution >= 0.6 is 0 Å². The molecule has 0 aliphatic carbocycles. The van der Waals surface area contributed by atoms with E-state index in [1.807, 2.05) is 7.05 Å². The van der Waals surface area contributed by atoms with Gasteiger partial charge in [0.15, 0.2) is 5.96 Å². The van der Waals surface area contributed by atoms with Crippen LogP contribution in [0, 0.1) is 0 Å². The molecule has 31 heavy (non-hydrogen) atoms. The minimum Gasteiger partial charge on any atom is -0.379 e. The SMILES string of the molecule is CN=C(NCCCOCC1CCCO1)NCc1ccccc1CN1CC(C)OC(C)C1. The van der Waals surface area contributed by atoms with E-state index in [9.17, 15) is 0 Å². The molecule has 2 fully saturated rings. The summed E-state index contributed by atoms with van der Waals surface area (Å²) in [5.41, 5.74) is 2.66. The highest BCUT2D eigenvalue weighted by atomic mass is 16.5. The molecule has 7 nitrogen and oxygen atoms in total. The summed E-state index contributed by atoms with van der Waals surface area (Å²) in [7, 11) is 1.81. The van der Waals surface area contributed by atoms with Crippen molar-refractivity contribution in [1.82, 2.24) is 15.5 Å². The van der Waals surface area contributed by atoms with Crippen LogP contribution in [0.1, 0.15) is 44.2 Å². The van der Waals surface area contributed by atoms with Crippen LogP contribution in [-0.2, 0) is 27.3 Å². The molecule has 0 radical (unpaired) electrons. The first-order valence-electron chi connectivity index (χ1n) is 11.7. The standard InChI is InChI=1S/C24H40N4O3/c1-19-15-28(16-20(2)31-19)17-22-9-5-4-8-21(22)14-27-24(25-3)26-11-7-12-29-18-23-10-6-13-30-23/h4-5,8-9,19-20,23H,6-7,10-18H2,1-3H3,(H2,25,26,27). The predicted octanol–water partition coefficient (Wildman–Crippen LogP) is 2.55. The molecule has 2 heterocycles. The summed E-state index contributed by atoms with van der Waals surface area (Å²) in [6.45, 7) is 11.1. The zero-order valence-corrected chi connectivity index (χ0v) is 19.4. The molecule has 2 aliphatic heterocycles. The van der Waals surface area contributed by atoms with Gasteiger partial charge in [0.2, 0.25) is 0 Å². The quantitative estimate of drug-likeness (QED) is 0.337. The Labute approximate surface area is 187 Å². The van der Waals surface area contributed by atoms with E-state index in [1.54, 1.807) is 0 Å². The van der Waals surface area contributed by atoms with Crippen molar-refractivity contribution in [3.8, 4) is 0 Å². The number of aliphatic imine (C=N–C) groups is 1. The highest BCUT2D eigenvalue weighted by Gasteiger charge is 2.22. The van der Waals surface area contributed by atoms with Crippen LogP contribution < -0.4 is 10.6 Å². The fourth-order valence-electron chi connectivity index (χ4n) is 4.31. The molecule has 2 N–H and O–H groups in total. The lowest BCUT2D eigenvalue weighted by molar-refractivity contribution is -0.0705. The maximum atomic E-state index is 5.87. The van der Waals surface area contributed by atoms with E-state index >= 15 is 0 Å². The number of hydrogen-bond acceptors (Lipinski definition) is 5. The van der Waals surface area contributed by atoms with E-state index in [0.29, 0.717) is 12.7 Å². The summed E-state index contributed by atoms with van der Waals surface area (Å²) in [4.78, 5) is 6.84. The van der Waals surface area contributed by atoms with Gasteiger partial charge in [-0.1, -0.05) is 24.3 Å². The van der Waals surface area contributed by atoms with Gasteiger partial charge >= 0.3 is 0 Å². The number of ether oxygens (including phenoxy) is 3. The first kappa shape index (κ1) is 24.0. The van der Waals surface area contributed by atoms with E-state index in [4.69, 9.17) is 14.2 Å². The molecule has 174 valence electrons. The Bertz CT molecular complexity index is 669. The Balaban J connectivity index is 1.38. The minimum atomic E-state index is 0.284. The first-order valence-corrected chi connectivity index (χ1v) is 11.7. The lowest BCUT2D eigenvalue weighted by Gasteiger charge is -2.35. The Hall–Kier alpha value is -1.67. The fourth-order valence-corrected chi connectivity index (χ4v) is 4.31. The van der Waals surface area contributed by atoms with Crippen molar-refractivity contribution in [3.63, 3.8) is 0 Å². The second-order valence-electron chi connectivity index (χ2n) is 8.64. The predicted molar refractivity (Wildman–Crippen MR) is 124 cm³/mol. The zero-order valence-electron chi connectivity index (χ0n) is 19.4. The van der Waals surface area contributed by atoms with Gasteiger partial charge in [-0.2, -0.15) is 0 Å². The number of rotatable bonds is 10. The second-order valence-corrected chi connectivity index (χ2v) is 8.64. The molecular weight excluding hydrogens is 392 g/mol. The Morgan fingerprint density at radius 2 is 1.94 bits per heavy atom. The van der Waals surface area contributed by atoms with Crippen molar-refractivity contribution in [2.24, 2.45) is 4.99 Å². The van der Waals surface area contributed by atoms with Crippen molar-refractivity contribution < 1.29 is 14.2 Å². The Morgan fingerprint density at radius 3 is 2.65 bits per heavy atom. The van der Waals surface area contributed by atoms with Gasteiger partial charge < -0.3 is 24.8 Å². The van der Waals surface area contributed by atoms with Crippen LogP contribution in [0.15, 0.2) is 29.3 Å². The molecule has 3 unspecified atom stereocenters. The van der Waals surface area contributed by atoms with E-state index in [-0.39, 0.29) is 12.2 Å². The number of nitrogens with one attached hydrogen (secondary N) is 2. The van der Waals surface area contributed by atoms with Crippen molar-refractivity contribution in [1.29, 1.82) is 0 Å². The van der Waals surface area contributed by atoms with Gasteiger partial charge in [0.25, 0.3) is 0 Å². The van der Waals surface area contributed by atoms with Gasteiger partial charge in [0.1, 0.15) is 0 Å². The average molecular weight is 433 g/mol. The Morgan fingerprint density at radius 1 is 1.16 bits per heavy atom. The number of guanidine groups is 1. The summed E-state index contributed by atoms with van der Waals surface area (Å²) in [6.07, 6.45) is 4.09. The third kappa shape index (κ3) is 8.41. The molecule has 1 aromatic rings. The summed E-state index contributed by atoms with van der Waals surface area (Å²) in [5, 5.41) is 6.83. The van der Waals surface area contributed by atoms with E-state index in [2.05, 4.69) is 58.6 Å². The van der Waals surface area contributed by atoms with Gasteiger partial charge in [-0.25, -0.2) is 0 Å². The maximum absolute atomic E-state index is 5.87. The third-order valence-electron chi connectivity index (χ3n) is 5.76. The molecule has 7 heteroatoms. The monoisotopic (exact) mass is 432 g/mol. The van der Waals surface area contributed by atoms with Crippen molar-refractivity contribution in [2.45, 2.75) is 64.5 Å². The van der Waals surface area contributed by atoms with Gasteiger partial charge in [0, 0.05) is 53.0 Å². The van der Waals surface area contributed by atoms with Crippen molar-refractivity contribution >= 4 is 5.96 Å². The number of morpholine rings is 1. The molecular formula is C24H40N4O3. The van der Waals surface area contributed by atoms with Crippen molar-refractivity contribution in [3.05, 3.63) is 35.4 Å². The molecule has 3 atom stereocenters. The minimum absolute atomic E-state index is 0.284. The molecule has 3 rings (SSSR count). The van der Waals surface area contributed by atoms with Gasteiger partial charge in [-0.15, -0.1) is 0 Å². The summed E-state index contributed by atoms with van der Waals surface area (Å²) in [5.74, 6) is 0.822. The molecule has 0 bridgehead atoms. The first-order chi connectivity index (χ1) is 15.1. The lowest BCUT2D eigenvalue weighted by Crippen LogP contribution is -2.45. The molecule has 0 spiro atoms. The molecule has 1 aromatic carbocycles. The number of nitrogens with zero attached hydrogens (tertiary/aromatic N) is 2. The molecule has 2 aliphatic rings. The highest BCUT2D eigenvalue weighted by Crippen LogP contribution is 2.17. The van der Waals surface area contributed by atoms with E-state index < -0.39 is 0 Å². The van der Waals surface area contributed by atoms with Crippen LogP contribution in [0.5, 0.6) is 0 Å². The third-order valence-corrected chi connectivity index (χ3v) is 5.76.